The summed E-state index contributed by atoms with van der Waals surface area (Å²) < 4.78 is 57.4. The van der Waals surface area contributed by atoms with Gasteiger partial charge in [-0.2, -0.15) is 0 Å². The first kappa shape index (κ1) is 13.9. The van der Waals surface area contributed by atoms with E-state index in [4.69, 9.17) is 0 Å². The summed E-state index contributed by atoms with van der Waals surface area (Å²) in [6, 6.07) is 0. The largest absolute Gasteiger partial charge is 0.465 e. The van der Waals surface area contributed by atoms with Crippen molar-refractivity contribution < 1.29 is 31.9 Å². The number of benzene rings is 1. The summed E-state index contributed by atoms with van der Waals surface area (Å²) in [5.74, 6) is -10.2. The third-order valence-corrected chi connectivity index (χ3v) is 1.95. The van der Waals surface area contributed by atoms with E-state index >= 15 is 0 Å². The molecule has 0 saturated carbocycles. The molecular formula is C10H7F4NO3. The van der Waals surface area contributed by atoms with Crippen LogP contribution in [0.3, 0.4) is 0 Å². The molecule has 0 radical (unpaired) electrons. The molecule has 1 aromatic carbocycles. The molecule has 0 aliphatic heterocycles. The zero-order chi connectivity index (χ0) is 14.0. The van der Waals surface area contributed by atoms with Crippen LogP contribution in [0.4, 0.5) is 23.2 Å². The monoisotopic (exact) mass is 265 g/mol. The molecule has 0 atom stereocenters. The first-order valence-corrected chi connectivity index (χ1v) is 4.53. The molecule has 0 aliphatic carbocycles. The van der Waals surface area contributed by atoms with Crippen LogP contribution < -0.4 is 5.32 Å². The van der Waals surface area contributed by atoms with E-state index in [1.165, 1.54) is 0 Å². The third-order valence-electron chi connectivity index (χ3n) is 1.95. The van der Waals surface area contributed by atoms with Crippen LogP contribution in [0.25, 0.3) is 0 Å². The quantitative estimate of drug-likeness (QED) is 0.505. The summed E-state index contributed by atoms with van der Waals surface area (Å²) in [4.78, 5) is 21.6. The summed E-state index contributed by atoms with van der Waals surface area (Å²) in [5, 5.41) is 1.59. The van der Waals surface area contributed by atoms with Gasteiger partial charge in [-0.3, -0.25) is 4.79 Å². The number of hydrogen-bond donors (Lipinski definition) is 1. The Bertz CT molecular complexity index is 501. The molecule has 0 bridgehead atoms. The second-order valence-corrected chi connectivity index (χ2v) is 3.18. The van der Waals surface area contributed by atoms with Gasteiger partial charge < -0.3 is 10.1 Å². The molecule has 0 saturated heterocycles. The molecule has 1 N–H and O–H groups in total. The normalized spacial score (nSPS) is 10.1. The van der Waals surface area contributed by atoms with Crippen LogP contribution in [0.1, 0.15) is 17.3 Å². The molecule has 0 spiro atoms. The summed E-state index contributed by atoms with van der Waals surface area (Å²) in [6.45, 7) is 0.892. The van der Waals surface area contributed by atoms with Gasteiger partial charge in [-0.05, 0) is 0 Å². The van der Waals surface area contributed by atoms with Gasteiger partial charge in [0.15, 0.2) is 23.3 Å². The zero-order valence-corrected chi connectivity index (χ0v) is 9.24. The molecule has 18 heavy (non-hydrogen) atoms. The Balaban J connectivity index is 3.55. The smallest absolute Gasteiger partial charge is 0.344 e. The zero-order valence-electron chi connectivity index (χ0n) is 9.24. The highest BCUT2D eigenvalue weighted by Gasteiger charge is 2.30. The minimum absolute atomic E-state index is 0.790. The average Bonchev–Trinajstić information content (AvgIpc) is 2.31. The van der Waals surface area contributed by atoms with E-state index in [1.807, 2.05) is 0 Å². The SMILES string of the molecule is COC(=O)c1c(F)c(F)c(NC(C)=O)c(F)c1F. The fourth-order valence-electron chi connectivity index (χ4n) is 1.20. The van der Waals surface area contributed by atoms with E-state index in [0.717, 1.165) is 14.0 Å². The van der Waals surface area contributed by atoms with E-state index in [2.05, 4.69) is 4.74 Å². The van der Waals surface area contributed by atoms with Crippen LogP contribution in [0.15, 0.2) is 0 Å². The number of nitrogens with one attached hydrogen (secondary N) is 1. The van der Waals surface area contributed by atoms with Gasteiger partial charge in [0.05, 0.1) is 7.11 Å². The number of amides is 1. The maximum atomic E-state index is 13.4. The standard InChI is InChI=1S/C10H7F4NO3/c1-3(16)15-9-7(13)5(11)4(10(17)18-2)6(12)8(9)14/h1-2H3,(H,15,16). The lowest BCUT2D eigenvalue weighted by Gasteiger charge is -2.10. The Morgan fingerprint density at radius 2 is 1.44 bits per heavy atom. The van der Waals surface area contributed by atoms with E-state index in [0.29, 0.717) is 0 Å². The molecule has 0 aromatic heterocycles. The van der Waals surface area contributed by atoms with Crippen LogP contribution in [-0.4, -0.2) is 19.0 Å². The van der Waals surface area contributed by atoms with Crippen molar-refractivity contribution >= 4 is 17.6 Å². The van der Waals surface area contributed by atoms with Gasteiger partial charge in [-0.1, -0.05) is 0 Å². The Morgan fingerprint density at radius 3 is 1.78 bits per heavy atom. The van der Waals surface area contributed by atoms with Crippen LogP contribution in [-0.2, 0) is 9.53 Å². The van der Waals surface area contributed by atoms with Crippen molar-refractivity contribution in [1.29, 1.82) is 0 Å². The Kier molecular flexibility index (Phi) is 3.89. The maximum absolute atomic E-state index is 13.4. The van der Waals surface area contributed by atoms with Gasteiger partial charge in [0.2, 0.25) is 5.91 Å². The third kappa shape index (κ3) is 2.27. The van der Waals surface area contributed by atoms with Gasteiger partial charge in [0.25, 0.3) is 0 Å². The number of methoxy groups -OCH3 is 1. The number of ether oxygens (including phenoxy) is 1. The van der Waals surface area contributed by atoms with Gasteiger partial charge in [-0.25, -0.2) is 22.4 Å². The molecule has 1 rings (SSSR count). The van der Waals surface area contributed by atoms with Crippen LogP contribution in [0, 0.1) is 23.3 Å². The van der Waals surface area contributed by atoms with Crippen molar-refractivity contribution in [2.75, 3.05) is 12.4 Å². The van der Waals surface area contributed by atoms with Crippen LogP contribution in [0.5, 0.6) is 0 Å². The first-order valence-electron chi connectivity index (χ1n) is 4.53. The molecule has 1 aromatic rings. The Hall–Kier alpha value is -2.12. The highest BCUT2D eigenvalue weighted by Crippen LogP contribution is 2.28. The molecule has 0 unspecified atom stereocenters. The number of rotatable bonds is 2. The minimum atomic E-state index is -1.94. The molecular weight excluding hydrogens is 258 g/mol. The number of esters is 1. The molecule has 0 aliphatic rings. The summed E-state index contributed by atoms with van der Waals surface area (Å²) in [7, 11) is 0.790. The van der Waals surface area contributed by atoms with Crippen molar-refractivity contribution in [3.63, 3.8) is 0 Å². The van der Waals surface area contributed by atoms with Gasteiger partial charge >= 0.3 is 5.97 Å². The lowest BCUT2D eigenvalue weighted by molar-refractivity contribution is -0.114. The lowest BCUT2D eigenvalue weighted by Crippen LogP contribution is -2.17. The highest BCUT2D eigenvalue weighted by molar-refractivity contribution is 5.93. The predicted octanol–water partition coefficient (Wildman–Crippen LogP) is 1.99. The number of carbonyl (C=O) groups is 2. The van der Waals surface area contributed by atoms with Crippen molar-refractivity contribution in [1.82, 2.24) is 0 Å². The van der Waals surface area contributed by atoms with E-state index in [9.17, 15) is 27.2 Å². The van der Waals surface area contributed by atoms with Crippen molar-refractivity contribution in [2.24, 2.45) is 0 Å². The van der Waals surface area contributed by atoms with Crippen molar-refractivity contribution in [3.05, 3.63) is 28.8 Å². The van der Waals surface area contributed by atoms with Crippen LogP contribution >= 0.6 is 0 Å². The fourth-order valence-corrected chi connectivity index (χ4v) is 1.20. The fraction of sp³-hybridized carbons (Fsp3) is 0.200. The van der Waals surface area contributed by atoms with Crippen LogP contribution in [0.2, 0.25) is 0 Å². The van der Waals surface area contributed by atoms with Gasteiger partial charge in [-0.15, -0.1) is 0 Å². The average molecular weight is 265 g/mol. The second kappa shape index (κ2) is 5.03. The molecule has 98 valence electrons. The van der Waals surface area contributed by atoms with Gasteiger partial charge in [0.1, 0.15) is 11.3 Å². The Morgan fingerprint density at radius 1 is 1.00 bits per heavy atom. The molecule has 0 fully saturated rings. The number of carbonyl (C=O) groups excluding carboxylic acids is 2. The van der Waals surface area contributed by atoms with E-state index < -0.39 is 46.4 Å². The lowest BCUT2D eigenvalue weighted by atomic mass is 10.1. The Labute approximate surface area is 98.5 Å². The van der Waals surface area contributed by atoms with E-state index in [-0.39, 0.29) is 0 Å². The molecule has 1 amide bonds. The number of anilines is 1. The predicted molar refractivity (Wildman–Crippen MR) is 51.9 cm³/mol. The molecule has 8 heteroatoms. The second-order valence-electron chi connectivity index (χ2n) is 3.18. The summed E-state index contributed by atoms with van der Waals surface area (Å²) in [6.07, 6.45) is 0. The summed E-state index contributed by atoms with van der Waals surface area (Å²) >= 11 is 0. The highest BCUT2D eigenvalue weighted by atomic mass is 19.2. The van der Waals surface area contributed by atoms with Gasteiger partial charge in [0, 0.05) is 6.92 Å². The first-order chi connectivity index (χ1) is 8.31. The van der Waals surface area contributed by atoms with E-state index in [1.54, 1.807) is 5.32 Å². The molecule has 0 heterocycles. The minimum Gasteiger partial charge on any atom is -0.465 e. The number of halogens is 4. The number of hydrogen-bond acceptors (Lipinski definition) is 3. The summed E-state index contributed by atoms with van der Waals surface area (Å²) in [5.41, 5.74) is -2.80. The maximum Gasteiger partial charge on any atom is 0.344 e. The topological polar surface area (TPSA) is 55.4 Å². The molecule has 4 nitrogen and oxygen atoms in total. The van der Waals surface area contributed by atoms with Crippen molar-refractivity contribution in [2.45, 2.75) is 6.92 Å². The van der Waals surface area contributed by atoms with Crippen molar-refractivity contribution in [3.8, 4) is 0 Å².